The molecule has 0 aliphatic carbocycles. The van der Waals surface area contributed by atoms with E-state index in [4.69, 9.17) is 0 Å². The molecule has 2 aromatic heterocycles. The van der Waals surface area contributed by atoms with Crippen molar-refractivity contribution in [2.24, 2.45) is 0 Å². The molecule has 0 spiro atoms. The lowest BCUT2D eigenvalue weighted by Crippen LogP contribution is -2.35. The number of aryl methyl sites for hydroxylation is 2. The molecule has 2 amide bonds. The van der Waals surface area contributed by atoms with E-state index in [1.807, 2.05) is 6.07 Å². The van der Waals surface area contributed by atoms with Gasteiger partial charge in [0.05, 0.1) is 0 Å². The maximum Gasteiger partial charge on any atom is 0.453 e. The van der Waals surface area contributed by atoms with Crippen LogP contribution in [-0.4, -0.2) is 37.9 Å². The van der Waals surface area contributed by atoms with Gasteiger partial charge in [0.1, 0.15) is 0 Å². The van der Waals surface area contributed by atoms with Gasteiger partial charge in [-0.25, -0.2) is 9.50 Å². The van der Waals surface area contributed by atoms with Gasteiger partial charge in [-0.05, 0) is 56.9 Å². The highest BCUT2D eigenvalue weighted by molar-refractivity contribution is 5.96. The van der Waals surface area contributed by atoms with Crippen molar-refractivity contribution in [1.82, 2.24) is 19.6 Å². The number of amides is 2. The maximum atomic E-state index is 12.9. The molecule has 3 heterocycles. The van der Waals surface area contributed by atoms with Crippen molar-refractivity contribution >= 4 is 29.0 Å². The van der Waals surface area contributed by atoms with Crippen LogP contribution in [0.5, 0.6) is 0 Å². The van der Waals surface area contributed by atoms with Gasteiger partial charge in [-0.1, -0.05) is 6.07 Å². The second-order valence-electron chi connectivity index (χ2n) is 8.01. The Morgan fingerprint density at radius 1 is 1.18 bits per heavy atom. The number of anilines is 2. The zero-order chi connectivity index (χ0) is 23.8. The Bertz CT molecular complexity index is 1220. The summed E-state index contributed by atoms with van der Waals surface area (Å²) < 4.78 is 39.9. The number of rotatable bonds is 5. The molecular formula is C22H23F3N6O2. The second kappa shape index (κ2) is 8.80. The van der Waals surface area contributed by atoms with E-state index in [1.165, 1.54) is 0 Å². The normalized spacial score (nSPS) is 14.7. The zero-order valence-electron chi connectivity index (χ0n) is 18.2. The molecule has 1 aliphatic heterocycles. The zero-order valence-corrected chi connectivity index (χ0v) is 18.2. The first-order valence-corrected chi connectivity index (χ1v) is 10.6. The number of fused-ring (bicyclic) bond motifs is 1. The van der Waals surface area contributed by atoms with Gasteiger partial charge >= 0.3 is 6.18 Å². The molecular weight excluding hydrogens is 437 g/mol. The predicted molar refractivity (Wildman–Crippen MR) is 115 cm³/mol. The first kappa shape index (κ1) is 22.7. The lowest BCUT2D eigenvalue weighted by Gasteiger charge is -2.27. The minimum absolute atomic E-state index is 0.0698. The summed E-state index contributed by atoms with van der Waals surface area (Å²) >= 11 is 0. The fourth-order valence-corrected chi connectivity index (χ4v) is 3.98. The van der Waals surface area contributed by atoms with Crippen molar-refractivity contribution in [3.05, 3.63) is 47.0 Å². The van der Waals surface area contributed by atoms with E-state index in [-0.39, 0.29) is 30.4 Å². The Kier molecular flexibility index (Phi) is 6.05. The van der Waals surface area contributed by atoms with Gasteiger partial charge in [-0.15, -0.1) is 5.10 Å². The van der Waals surface area contributed by atoms with Crippen LogP contribution in [0.1, 0.15) is 48.5 Å². The third kappa shape index (κ3) is 4.81. The molecule has 33 heavy (non-hydrogen) atoms. The molecule has 1 saturated heterocycles. The second-order valence-corrected chi connectivity index (χ2v) is 8.01. The number of carbonyl (C=O) groups excluding carboxylic acids is 2. The summed E-state index contributed by atoms with van der Waals surface area (Å²) in [5, 5.41) is 6.35. The van der Waals surface area contributed by atoms with Gasteiger partial charge in [-0.2, -0.15) is 18.2 Å². The van der Waals surface area contributed by atoms with Gasteiger partial charge in [0, 0.05) is 42.1 Å². The number of nitrogens with zero attached hydrogens (tertiary/aromatic N) is 5. The van der Waals surface area contributed by atoms with E-state index in [0.29, 0.717) is 35.6 Å². The molecule has 1 fully saturated rings. The van der Waals surface area contributed by atoms with E-state index in [2.05, 4.69) is 20.4 Å². The molecule has 0 unspecified atom stereocenters. The average molecular weight is 460 g/mol. The van der Waals surface area contributed by atoms with Gasteiger partial charge < -0.3 is 10.2 Å². The van der Waals surface area contributed by atoms with Crippen LogP contribution in [0.3, 0.4) is 0 Å². The SMILES string of the molecule is Cc1nc2nc(C(F)(F)F)nn2c(C)c1CCC(=O)Nc1cccc(N2CCCCC2=O)c1. The first-order chi connectivity index (χ1) is 15.6. The molecule has 1 aliphatic rings. The van der Waals surface area contributed by atoms with E-state index < -0.39 is 12.0 Å². The van der Waals surface area contributed by atoms with Crippen molar-refractivity contribution in [3.8, 4) is 0 Å². The van der Waals surface area contributed by atoms with Crippen molar-refractivity contribution < 1.29 is 22.8 Å². The summed E-state index contributed by atoms with van der Waals surface area (Å²) in [6.07, 6.45) is -1.95. The molecule has 11 heteroatoms. The third-order valence-electron chi connectivity index (χ3n) is 5.67. The quantitative estimate of drug-likeness (QED) is 0.625. The minimum atomic E-state index is -4.67. The maximum absolute atomic E-state index is 12.9. The Balaban J connectivity index is 1.46. The molecule has 8 nitrogen and oxygen atoms in total. The Hall–Kier alpha value is -3.50. The lowest BCUT2D eigenvalue weighted by atomic mass is 10.1. The van der Waals surface area contributed by atoms with Gasteiger partial charge in [0.15, 0.2) is 0 Å². The summed E-state index contributed by atoms with van der Waals surface area (Å²) in [6, 6.07) is 7.12. The van der Waals surface area contributed by atoms with Crippen molar-refractivity contribution in [1.29, 1.82) is 0 Å². The highest BCUT2D eigenvalue weighted by Crippen LogP contribution is 2.27. The summed E-state index contributed by atoms with van der Waals surface area (Å²) in [5.74, 6) is -1.57. The molecule has 3 aromatic rings. The van der Waals surface area contributed by atoms with Crippen LogP contribution < -0.4 is 10.2 Å². The molecule has 174 valence electrons. The lowest BCUT2D eigenvalue weighted by molar-refractivity contribution is -0.144. The Labute approximate surface area is 187 Å². The number of piperidine rings is 1. The molecule has 0 bridgehead atoms. The van der Waals surface area contributed by atoms with Crippen LogP contribution in [-0.2, 0) is 22.2 Å². The topological polar surface area (TPSA) is 92.5 Å². The molecule has 0 atom stereocenters. The summed E-state index contributed by atoms with van der Waals surface area (Å²) in [5.41, 5.74) is 2.91. The van der Waals surface area contributed by atoms with Gasteiger partial charge in [-0.3, -0.25) is 9.59 Å². The van der Waals surface area contributed by atoms with Crippen molar-refractivity contribution in [2.75, 3.05) is 16.8 Å². The van der Waals surface area contributed by atoms with Crippen molar-refractivity contribution in [3.63, 3.8) is 0 Å². The molecule has 1 N–H and O–H groups in total. The number of alkyl halides is 3. The summed E-state index contributed by atoms with van der Waals surface area (Å²) in [7, 11) is 0. The smallest absolute Gasteiger partial charge is 0.326 e. The van der Waals surface area contributed by atoms with Crippen LogP contribution >= 0.6 is 0 Å². The number of hydrogen-bond acceptors (Lipinski definition) is 5. The fourth-order valence-electron chi connectivity index (χ4n) is 3.98. The number of halogens is 3. The molecule has 4 rings (SSSR count). The number of carbonyl (C=O) groups is 2. The Morgan fingerprint density at radius 3 is 2.70 bits per heavy atom. The van der Waals surface area contributed by atoms with E-state index >= 15 is 0 Å². The fraction of sp³-hybridized carbons (Fsp3) is 0.409. The summed E-state index contributed by atoms with van der Waals surface area (Å²) in [4.78, 5) is 34.0. The predicted octanol–water partition coefficient (Wildman–Crippen LogP) is 3.85. The molecule has 0 saturated carbocycles. The van der Waals surface area contributed by atoms with Crippen LogP contribution in [0, 0.1) is 13.8 Å². The van der Waals surface area contributed by atoms with Gasteiger partial charge in [0.25, 0.3) is 11.6 Å². The molecule has 1 aromatic carbocycles. The van der Waals surface area contributed by atoms with E-state index in [9.17, 15) is 22.8 Å². The van der Waals surface area contributed by atoms with E-state index in [0.717, 1.165) is 23.0 Å². The summed E-state index contributed by atoms with van der Waals surface area (Å²) in [6.45, 7) is 3.95. The number of nitrogens with one attached hydrogen (secondary N) is 1. The standard InChI is InChI=1S/C22H23F3N6O2/c1-13-17(14(2)31-21(26-13)28-20(29-31)22(23,24)25)9-10-18(32)27-15-6-5-7-16(12-15)30-11-4-3-8-19(30)33/h5-7,12H,3-4,8-11H2,1-2H3,(H,27,32). The number of hydrogen-bond donors (Lipinski definition) is 1. The monoisotopic (exact) mass is 460 g/mol. The number of benzene rings is 1. The average Bonchev–Trinajstić information content (AvgIpc) is 3.19. The van der Waals surface area contributed by atoms with Crippen molar-refractivity contribution in [2.45, 2.75) is 52.1 Å². The van der Waals surface area contributed by atoms with Crippen LogP contribution in [0.4, 0.5) is 24.5 Å². The first-order valence-electron chi connectivity index (χ1n) is 10.6. The van der Waals surface area contributed by atoms with Crippen LogP contribution in [0.2, 0.25) is 0 Å². The van der Waals surface area contributed by atoms with E-state index in [1.54, 1.807) is 36.9 Å². The highest BCUT2D eigenvalue weighted by atomic mass is 19.4. The third-order valence-corrected chi connectivity index (χ3v) is 5.67. The van der Waals surface area contributed by atoms with Crippen LogP contribution in [0.15, 0.2) is 24.3 Å². The van der Waals surface area contributed by atoms with Crippen LogP contribution in [0.25, 0.3) is 5.78 Å². The molecule has 0 radical (unpaired) electrons. The largest absolute Gasteiger partial charge is 0.453 e. The Morgan fingerprint density at radius 2 is 1.97 bits per heavy atom. The highest BCUT2D eigenvalue weighted by Gasteiger charge is 2.37. The number of aromatic nitrogens is 4. The van der Waals surface area contributed by atoms with Gasteiger partial charge in [0.2, 0.25) is 11.8 Å². The minimum Gasteiger partial charge on any atom is -0.326 e.